The van der Waals surface area contributed by atoms with Gasteiger partial charge in [0.25, 0.3) is 0 Å². The van der Waals surface area contributed by atoms with Crippen LogP contribution in [0.5, 0.6) is 0 Å². The molecule has 1 atom stereocenters. The van der Waals surface area contributed by atoms with Crippen LogP contribution < -0.4 is 0 Å². The van der Waals surface area contributed by atoms with Gasteiger partial charge in [0.15, 0.2) is 0 Å². The Labute approximate surface area is 91.7 Å². The van der Waals surface area contributed by atoms with Crippen LogP contribution in [0, 0.1) is 6.92 Å². The standard InChI is InChI=1S/C10H11N3OS/c1-7-13-9(5-15-7)2-10(14)8-3-11-6-12-4-8/h3-6,10,14H,2H2,1H3. The van der Waals surface area contributed by atoms with Gasteiger partial charge in [0.1, 0.15) is 6.33 Å². The molecule has 78 valence electrons. The lowest BCUT2D eigenvalue weighted by atomic mass is 10.1. The molecule has 0 radical (unpaired) electrons. The summed E-state index contributed by atoms with van der Waals surface area (Å²) in [6.07, 6.45) is 4.63. The zero-order valence-corrected chi connectivity index (χ0v) is 9.11. The summed E-state index contributed by atoms with van der Waals surface area (Å²) in [6.45, 7) is 1.95. The fourth-order valence-corrected chi connectivity index (χ4v) is 1.93. The third-order valence-electron chi connectivity index (χ3n) is 2.03. The van der Waals surface area contributed by atoms with Crippen molar-refractivity contribution in [3.8, 4) is 0 Å². The molecule has 0 saturated heterocycles. The second-order valence-electron chi connectivity index (χ2n) is 3.25. The molecular weight excluding hydrogens is 210 g/mol. The zero-order chi connectivity index (χ0) is 10.7. The maximum absolute atomic E-state index is 9.87. The molecule has 15 heavy (non-hydrogen) atoms. The normalized spacial score (nSPS) is 12.7. The quantitative estimate of drug-likeness (QED) is 0.853. The van der Waals surface area contributed by atoms with Gasteiger partial charge in [0, 0.05) is 29.8 Å². The van der Waals surface area contributed by atoms with E-state index in [0.29, 0.717) is 6.42 Å². The minimum atomic E-state index is -0.576. The third-order valence-corrected chi connectivity index (χ3v) is 2.86. The molecule has 2 aromatic heterocycles. The zero-order valence-electron chi connectivity index (χ0n) is 8.29. The highest BCUT2D eigenvalue weighted by Gasteiger charge is 2.10. The first kappa shape index (κ1) is 10.2. The van der Waals surface area contributed by atoms with Gasteiger partial charge in [-0.05, 0) is 6.92 Å². The summed E-state index contributed by atoms with van der Waals surface area (Å²) in [5.74, 6) is 0. The molecule has 1 unspecified atom stereocenters. The molecule has 0 aliphatic rings. The van der Waals surface area contributed by atoms with Gasteiger partial charge in [0.2, 0.25) is 0 Å². The van der Waals surface area contributed by atoms with Crippen LogP contribution in [0.3, 0.4) is 0 Å². The van der Waals surface area contributed by atoms with E-state index >= 15 is 0 Å². The van der Waals surface area contributed by atoms with E-state index in [1.807, 2.05) is 12.3 Å². The van der Waals surface area contributed by atoms with Gasteiger partial charge in [-0.3, -0.25) is 0 Å². The van der Waals surface area contributed by atoms with E-state index in [-0.39, 0.29) is 0 Å². The predicted molar refractivity (Wildman–Crippen MR) is 57.5 cm³/mol. The Kier molecular flexibility index (Phi) is 3.03. The molecule has 0 aromatic carbocycles. The first-order chi connectivity index (χ1) is 7.25. The number of nitrogens with zero attached hydrogens (tertiary/aromatic N) is 3. The average Bonchev–Trinajstić information content (AvgIpc) is 2.65. The van der Waals surface area contributed by atoms with Crippen LogP contribution in [0.15, 0.2) is 24.1 Å². The van der Waals surface area contributed by atoms with Crippen LogP contribution in [0.2, 0.25) is 0 Å². The molecule has 2 heterocycles. The van der Waals surface area contributed by atoms with E-state index in [9.17, 15) is 5.11 Å². The second-order valence-corrected chi connectivity index (χ2v) is 4.31. The SMILES string of the molecule is Cc1nc(CC(O)c2cncnc2)cs1. The third kappa shape index (κ3) is 2.57. The van der Waals surface area contributed by atoms with E-state index in [2.05, 4.69) is 15.0 Å². The molecule has 5 heteroatoms. The summed E-state index contributed by atoms with van der Waals surface area (Å²) < 4.78 is 0. The van der Waals surface area contributed by atoms with Crippen molar-refractivity contribution in [3.05, 3.63) is 40.4 Å². The fraction of sp³-hybridized carbons (Fsp3) is 0.300. The van der Waals surface area contributed by atoms with Crippen LogP contribution in [-0.2, 0) is 6.42 Å². The maximum atomic E-state index is 9.87. The number of aliphatic hydroxyl groups excluding tert-OH is 1. The summed E-state index contributed by atoms with van der Waals surface area (Å²) in [4.78, 5) is 12.0. The van der Waals surface area contributed by atoms with Gasteiger partial charge in [-0.15, -0.1) is 11.3 Å². The van der Waals surface area contributed by atoms with Gasteiger partial charge in [-0.25, -0.2) is 15.0 Å². The minimum absolute atomic E-state index is 0.512. The monoisotopic (exact) mass is 221 g/mol. The molecule has 4 nitrogen and oxygen atoms in total. The molecule has 0 aliphatic carbocycles. The van der Waals surface area contributed by atoms with Crippen molar-refractivity contribution < 1.29 is 5.11 Å². The summed E-state index contributed by atoms with van der Waals surface area (Å²) in [5.41, 5.74) is 1.64. The molecule has 0 spiro atoms. The molecule has 0 fully saturated rings. The highest BCUT2D eigenvalue weighted by atomic mass is 32.1. The van der Waals surface area contributed by atoms with Crippen molar-refractivity contribution in [2.75, 3.05) is 0 Å². The van der Waals surface area contributed by atoms with Crippen molar-refractivity contribution in [1.82, 2.24) is 15.0 Å². The van der Waals surface area contributed by atoms with Crippen molar-refractivity contribution in [2.45, 2.75) is 19.4 Å². The van der Waals surface area contributed by atoms with Gasteiger partial charge in [-0.1, -0.05) is 0 Å². The van der Waals surface area contributed by atoms with E-state index in [0.717, 1.165) is 16.3 Å². The molecule has 1 N–H and O–H groups in total. The molecule has 0 aliphatic heterocycles. The van der Waals surface area contributed by atoms with Crippen LogP contribution >= 0.6 is 11.3 Å². The number of hydrogen-bond acceptors (Lipinski definition) is 5. The van der Waals surface area contributed by atoms with Gasteiger partial charge in [-0.2, -0.15) is 0 Å². The molecule has 2 rings (SSSR count). The smallest absolute Gasteiger partial charge is 0.115 e. The Hall–Kier alpha value is -1.33. The number of rotatable bonds is 3. The average molecular weight is 221 g/mol. The Bertz CT molecular complexity index is 429. The Balaban J connectivity index is 2.07. The molecular formula is C10H11N3OS. The Morgan fingerprint density at radius 1 is 1.40 bits per heavy atom. The van der Waals surface area contributed by atoms with Crippen LogP contribution in [-0.4, -0.2) is 20.1 Å². The number of aryl methyl sites for hydroxylation is 1. The topological polar surface area (TPSA) is 58.9 Å². The van der Waals surface area contributed by atoms with Gasteiger partial charge in [0.05, 0.1) is 16.8 Å². The van der Waals surface area contributed by atoms with Crippen molar-refractivity contribution in [2.24, 2.45) is 0 Å². The molecule has 0 bridgehead atoms. The number of thiazole rings is 1. The second kappa shape index (κ2) is 4.46. The summed E-state index contributed by atoms with van der Waals surface area (Å²) in [7, 11) is 0. The highest BCUT2D eigenvalue weighted by Crippen LogP contribution is 2.17. The minimum Gasteiger partial charge on any atom is -0.388 e. The number of aliphatic hydroxyl groups is 1. The lowest BCUT2D eigenvalue weighted by molar-refractivity contribution is 0.176. The van der Waals surface area contributed by atoms with Gasteiger partial charge >= 0.3 is 0 Å². The highest BCUT2D eigenvalue weighted by molar-refractivity contribution is 7.09. The number of hydrogen-bond donors (Lipinski definition) is 1. The lowest BCUT2D eigenvalue weighted by Gasteiger charge is -2.07. The molecule has 0 amide bonds. The Morgan fingerprint density at radius 3 is 2.73 bits per heavy atom. The first-order valence-electron chi connectivity index (χ1n) is 4.59. The summed E-state index contributed by atoms with van der Waals surface area (Å²) >= 11 is 1.59. The fourth-order valence-electron chi connectivity index (χ4n) is 1.30. The predicted octanol–water partition coefficient (Wildman–Crippen LogP) is 1.52. The summed E-state index contributed by atoms with van der Waals surface area (Å²) in [6, 6.07) is 0. The molecule has 0 saturated carbocycles. The van der Waals surface area contributed by atoms with Crippen LogP contribution in [0.1, 0.15) is 22.4 Å². The van der Waals surface area contributed by atoms with Crippen molar-refractivity contribution in [1.29, 1.82) is 0 Å². The van der Waals surface area contributed by atoms with E-state index < -0.39 is 6.10 Å². The van der Waals surface area contributed by atoms with E-state index in [4.69, 9.17) is 0 Å². The molecule has 2 aromatic rings. The van der Waals surface area contributed by atoms with E-state index in [1.54, 1.807) is 23.7 Å². The first-order valence-corrected chi connectivity index (χ1v) is 5.47. The van der Waals surface area contributed by atoms with Gasteiger partial charge < -0.3 is 5.11 Å². The maximum Gasteiger partial charge on any atom is 0.115 e. The van der Waals surface area contributed by atoms with Crippen molar-refractivity contribution in [3.63, 3.8) is 0 Å². The van der Waals surface area contributed by atoms with Crippen LogP contribution in [0.4, 0.5) is 0 Å². The largest absolute Gasteiger partial charge is 0.388 e. The summed E-state index contributed by atoms with van der Waals surface area (Å²) in [5, 5.41) is 12.8. The number of aromatic nitrogens is 3. The van der Waals surface area contributed by atoms with Crippen molar-refractivity contribution >= 4 is 11.3 Å². The van der Waals surface area contributed by atoms with E-state index in [1.165, 1.54) is 6.33 Å². The van der Waals surface area contributed by atoms with Crippen LogP contribution in [0.25, 0.3) is 0 Å². The lowest BCUT2D eigenvalue weighted by Crippen LogP contribution is -2.03. The Morgan fingerprint density at radius 2 is 2.13 bits per heavy atom.